The van der Waals surface area contributed by atoms with Crippen molar-refractivity contribution in [1.29, 1.82) is 0 Å². The van der Waals surface area contributed by atoms with Gasteiger partial charge in [0.2, 0.25) is 0 Å². The zero-order chi connectivity index (χ0) is 34.6. The van der Waals surface area contributed by atoms with Gasteiger partial charge in [0.15, 0.2) is 8.64 Å². The van der Waals surface area contributed by atoms with Crippen LogP contribution in [0.5, 0.6) is 0 Å². The Balaban J connectivity index is 0.000000224. The summed E-state index contributed by atoms with van der Waals surface area (Å²) in [5, 5.41) is 9.04. The van der Waals surface area contributed by atoms with E-state index in [9.17, 15) is 0 Å². The molecule has 0 saturated heterocycles. The van der Waals surface area contributed by atoms with Gasteiger partial charge in [0.1, 0.15) is 11.4 Å². The van der Waals surface area contributed by atoms with Gasteiger partial charge in [-0.2, -0.15) is 10.2 Å². The van der Waals surface area contributed by atoms with Gasteiger partial charge < -0.3 is 0 Å². The molecule has 0 aliphatic heterocycles. The molecule has 0 saturated carbocycles. The van der Waals surface area contributed by atoms with E-state index in [-0.39, 0.29) is 19.5 Å². The van der Waals surface area contributed by atoms with Crippen molar-refractivity contribution in [2.75, 3.05) is 0 Å². The van der Waals surface area contributed by atoms with Gasteiger partial charge in [0.25, 0.3) is 0 Å². The van der Waals surface area contributed by atoms with Crippen LogP contribution in [0.1, 0.15) is 33.6 Å². The van der Waals surface area contributed by atoms with Gasteiger partial charge in [-0.25, -0.2) is 0 Å². The first-order valence-electron chi connectivity index (χ1n) is 15.7. The molecule has 51 heavy (non-hydrogen) atoms. The fourth-order valence-corrected chi connectivity index (χ4v) is 6.10. The van der Waals surface area contributed by atoms with E-state index in [1.807, 2.05) is 133 Å². The summed E-state index contributed by atoms with van der Waals surface area (Å²) in [4.78, 5) is 8.81. The van der Waals surface area contributed by atoms with E-state index in [2.05, 4.69) is 55.3 Å². The van der Waals surface area contributed by atoms with E-state index in [1.165, 1.54) is 11.1 Å². The van der Waals surface area contributed by atoms with Crippen LogP contribution in [0.3, 0.4) is 0 Å². The van der Waals surface area contributed by atoms with Crippen molar-refractivity contribution in [3.8, 4) is 0 Å². The number of nitrogens with zero attached hydrogens (tertiary/aromatic N) is 4. The zero-order valence-corrected chi connectivity index (χ0v) is 33.9. The molecule has 0 amide bonds. The third-order valence-corrected chi connectivity index (χ3v) is 9.40. The molecule has 0 fully saturated rings. The van der Waals surface area contributed by atoms with Gasteiger partial charge in [-0.1, -0.05) is 181 Å². The Morgan fingerprint density at radius 2 is 0.804 bits per heavy atom. The summed E-state index contributed by atoms with van der Waals surface area (Å²) in [6.45, 7) is 0. The Morgan fingerprint density at radius 1 is 0.471 bits per heavy atom. The van der Waals surface area contributed by atoms with Gasteiger partial charge in [0, 0.05) is 54.5 Å². The zero-order valence-electron chi connectivity index (χ0n) is 27.7. The third kappa shape index (κ3) is 13.7. The molecule has 0 aliphatic rings. The molecule has 0 atom stereocenters. The molecule has 6 aromatic rings. The fourth-order valence-electron chi connectivity index (χ4n) is 4.45. The SMILES string of the molecule is S=C(NN=C(c1ccccc1)c1ccccn1)SCc1ccccc1.S=C(NN=C(c1ccccc1)c1ccccn1)SCc1ccccc1.[Zn]. The van der Waals surface area contributed by atoms with E-state index in [4.69, 9.17) is 24.4 Å². The minimum Gasteiger partial charge on any atom is -0.262 e. The maximum Gasteiger partial charge on any atom is 0.154 e. The average molecular weight is 792 g/mol. The first-order chi connectivity index (χ1) is 24.7. The van der Waals surface area contributed by atoms with Crippen molar-refractivity contribution in [2.45, 2.75) is 11.5 Å². The van der Waals surface area contributed by atoms with Gasteiger partial charge in [-0.3, -0.25) is 20.8 Å². The molecule has 0 radical (unpaired) electrons. The molecule has 0 spiro atoms. The second-order valence-corrected chi connectivity index (χ2v) is 13.7. The number of aromatic nitrogens is 2. The molecule has 6 nitrogen and oxygen atoms in total. The van der Waals surface area contributed by atoms with E-state index in [0.29, 0.717) is 8.64 Å². The average Bonchev–Trinajstić information content (AvgIpc) is 3.19. The van der Waals surface area contributed by atoms with Crippen LogP contribution in [0.25, 0.3) is 0 Å². The minimum absolute atomic E-state index is 0. The predicted octanol–water partition coefficient (Wildman–Crippen LogP) is 9.28. The van der Waals surface area contributed by atoms with Gasteiger partial charge >= 0.3 is 0 Å². The first-order valence-corrected chi connectivity index (χ1v) is 18.5. The second kappa shape index (κ2) is 22.4. The number of rotatable bonds is 10. The van der Waals surface area contributed by atoms with Crippen LogP contribution in [-0.4, -0.2) is 30.0 Å². The van der Waals surface area contributed by atoms with Crippen molar-refractivity contribution in [3.05, 3.63) is 204 Å². The normalized spacial score (nSPS) is 10.9. The van der Waals surface area contributed by atoms with Crippen LogP contribution in [-0.2, 0) is 31.0 Å². The summed E-state index contributed by atoms with van der Waals surface area (Å²) < 4.78 is 1.27. The van der Waals surface area contributed by atoms with Crippen molar-refractivity contribution in [1.82, 2.24) is 20.8 Å². The molecule has 250 valence electrons. The maximum absolute atomic E-state index is 5.40. The predicted molar refractivity (Wildman–Crippen MR) is 220 cm³/mol. The summed E-state index contributed by atoms with van der Waals surface area (Å²) in [6.07, 6.45) is 3.52. The Labute approximate surface area is 331 Å². The molecule has 2 aromatic heterocycles. The smallest absolute Gasteiger partial charge is 0.154 e. The molecule has 0 bridgehead atoms. The van der Waals surface area contributed by atoms with Crippen LogP contribution in [0.4, 0.5) is 0 Å². The van der Waals surface area contributed by atoms with Crippen molar-refractivity contribution >= 4 is 68.0 Å². The van der Waals surface area contributed by atoms with Crippen LogP contribution in [0.15, 0.2) is 180 Å². The monoisotopic (exact) mass is 790 g/mol. The van der Waals surface area contributed by atoms with Gasteiger partial charge in [-0.05, 0) is 35.4 Å². The topological polar surface area (TPSA) is 74.6 Å². The number of nitrogens with one attached hydrogen (secondary N) is 2. The number of hydrazone groups is 2. The Hall–Kier alpha value is -4.38. The van der Waals surface area contributed by atoms with Gasteiger partial charge in [0.05, 0.1) is 11.4 Å². The number of pyridine rings is 2. The van der Waals surface area contributed by atoms with E-state index >= 15 is 0 Å². The first kappa shape index (κ1) is 39.4. The molecule has 4 aromatic carbocycles. The van der Waals surface area contributed by atoms with E-state index in [0.717, 1.165) is 45.4 Å². The standard InChI is InChI=1S/2C20H17N3S2.Zn/c2*24-20(25-15-16-9-3-1-4-10-16)23-22-19(17-11-5-2-6-12-17)18-13-7-8-14-21-18;/h2*1-14H,15H2,(H,23,24);. The molecular formula is C40H34N6S4Zn. The number of hydrogen-bond acceptors (Lipinski definition) is 8. The van der Waals surface area contributed by atoms with Crippen LogP contribution >= 0.6 is 48.0 Å². The molecule has 0 aliphatic carbocycles. The van der Waals surface area contributed by atoms with Crippen LogP contribution in [0.2, 0.25) is 0 Å². The largest absolute Gasteiger partial charge is 0.262 e. The summed E-state index contributed by atoms with van der Waals surface area (Å²) in [5.41, 5.74) is 13.6. The Bertz CT molecular complexity index is 1740. The number of thiocarbonyl (C=S) groups is 2. The minimum atomic E-state index is 0. The Morgan fingerprint density at radius 3 is 1.14 bits per heavy atom. The van der Waals surface area contributed by atoms with Crippen molar-refractivity contribution < 1.29 is 19.5 Å². The summed E-state index contributed by atoms with van der Waals surface area (Å²) in [7, 11) is 0. The van der Waals surface area contributed by atoms with E-state index < -0.39 is 0 Å². The van der Waals surface area contributed by atoms with Crippen LogP contribution < -0.4 is 10.9 Å². The number of thioether (sulfide) groups is 2. The quantitative estimate of drug-likeness (QED) is 0.0616. The fraction of sp³-hybridized carbons (Fsp3) is 0.0500. The second-order valence-electron chi connectivity index (χ2n) is 10.4. The molecule has 6 rings (SSSR count). The molecule has 2 heterocycles. The number of benzene rings is 4. The molecular weight excluding hydrogens is 758 g/mol. The third-order valence-electron chi connectivity index (χ3n) is 6.85. The van der Waals surface area contributed by atoms with Crippen molar-refractivity contribution in [2.24, 2.45) is 10.2 Å². The molecule has 2 N–H and O–H groups in total. The van der Waals surface area contributed by atoms with Crippen molar-refractivity contribution in [3.63, 3.8) is 0 Å². The molecule has 0 unspecified atom stereocenters. The summed E-state index contributed by atoms with van der Waals surface area (Å²) in [6, 6.07) is 51.9. The number of hydrogen-bond donors (Lipinski definition) is 2. The Kier molecular flexibility index (Phi) is 17.3. The maximum atomic E-state index is 5.40. The summed E-state index contributed by atoms with van der Waals surface area (Å²) in [5.74, 6) is 1.62. The van der Waals surface area contributed by atoms with Gasteiger partial charge in [-0.15, -0.1) is 0 Å². The molecule has 11 heteroatoms. The van der Waals surface area contributed by atoms with E-state index in [1.54, 1.807) is 35.9 Å². The van der Waals surface area contributed by atoms with Crippen LogP contribution in [0, 0.1) is 0 Å². The summed E-state index contributed by atoms with van der Waals surface area (Å²) >= 11 is 13.9.